The number of nitrogens with one attached hydrogen (secondary N) is 1. The third-order valence-electron chi connectivity index (χ3n) is 3.21. The van der Waals surface area contributed by atoms with Crippen molar-refractivity contribution in [3.63, 3.8) is 0 Å². The molecule has 1 saturated heterocycles. The molecule has 0 saturated carbocycles. The fraction of sp³-hybridized carbons (Fsp3) is 0.615. The Morgan fingerprint density at radius 1 is 1.63 bits per heavy atom. The van der Waals surface area contributed by atoms with Gasteiger partial charge in [-0.25, -0.2) is 4.98 Å². The lowest BCUT2D eigenvalue weighted by molar-refractivity contribution is -0.121. The maximum absolute atomic E-state index is 11.7. The zero-order valence-corrected chi connectivity index (χ0v) is 12.1. The minimum absolute atomic E-state index is 0.0149. The van der Waals surface area contributed by atoms with E-state index in [9.17, 15) is 9.59 Å². The van der Waals surface area contributed by atoms with E-state index >= 15 is 0 Å². The van der Waals surface area contributed by atoms with Crippen LogP contribution in [0.1, 0.15) is 38.8 Å². The molecule has 1 aliphatic heterocycles. The lowest BCUT2D eigenvalue weighted by Gasteiger charge is -2.11. The highest BCUT2D eigenvalue weighted by atomic mass is 32.1. The minimum atomic E-state index is -0.0149. The second kappa shape index (κ2) is 6.14. The molecule has 0 aromatic carbocycles. The summed E-state index contributed by atoms with van der Waals surface area (Å²) < 4.78 is 0. The van der Waals surface area contributed by atoms with Gasteiger partial charge in [-0.15, -0.1) is 11.3 Å². The van der Waals surface area contributed by atoms with Crippen molar-refractivity contribution in [3.05, 3.63) is 11.1 Å². The third-order valence-corrected chi connectivity index (χ3v) is 4.12. The summed E-state index contributed by atoms with van der Waals surface area (Å²) in [7, 11) is 0. The number of hydrogen-bond acceptors (Lipinski definition) is 4. The highest BCUT2D eigenvalue weighted by molar-refractivity contribution is 7.14. The summed E-state index contributed by atoms with van der Waals surface area (Å²) in [6.45, 7) is 4.75. The van der Waals surface area contributed by atoms with Gasteiger partial charge in [0.15, 0.2) is 5.13 Å². The molecule has 19 heavy (non-hydrogen) atoms. The second-order valence-corrected chi connectivity index (χ2v) is 5.66. The summed E-state index contributed by atoms with van der Waals surface area (Å²) in [5.74, 6) is 0.115. The number of thiazole rings is 1. The van der Waals surface area contributed by atoms with Gasteiger partial charge in [0.2, 0.25) is 11.8 Å². The predicted octanol–water partition coefficient (Wildman–Crippen LogP) is 1.73. The zero-order chi connectivity index (χ0) is 13.8. The molecule has 1 aromatic heterocycles. The molecular weight excluding hydrogens is 262 g/mol. The Bertz CT molecular complexity index is 472. The van der Waals surface area contributed by atoms with Gasteiger partial charge in [0, 0.05) is 24.4 Å². The standard InChI is InChI=1S/C13H19N3O2S/c1-3-9(2)14-11(17)7-10-8-19-13(15-10)16-6-4-5-12(16)18/h8-9H,3-7H2,1-2H3,(H,14,17). The lowest BCUT2D eigenvalue weighted by atomic mass is 10.2. The quantitative estimate of drug-likeness (QED) is 0.894. The number of carbonyl (C=O) groups is 2. The number of amides is 2. The Kier molecular flexibility index (Phi) is 4.52. The van der Waals surface area contributed by atoms with E-state index in [1.165, 1.54) is 11.3 Å². The van der Waals surface area contributed by atoms with Crippen molar-refractivity contribution >= 4 is 28.3 Å². The monoisotopic (exact) mass is 281 g/mol. The summed E-state index contributed by atoms with van der Waals surface area (Å²) in [5.41, 5.74) is 0.737. The highest BCUT2D eigenvalue weighted by Crippen LogP contribution is 2.25. The summed E-state index contributed by atoms with van der Waals surface area (Å²) in [6, 6.07) is 0.186. The number of aromatic nitrogens is 1. The Balaban J connectivity index is 1.94. The van der Waals surface area contributed by atoms with Gasteiger partial charge < -0.3 is 5.32 Å². The maximum Gasteiger partial charge on any atom is 0.228 e. The molecule has 1 aromatic rings. The zero-order valence-electron chi connectivity index (χ0n) is 11.3. The first kappa shape index (κ1) is 14.0. The molecule has 2 rings (SSSR count). The normalized spacial score (nSPS) is 16.7. The van der Waals surface area contributed by atoms with Gasteiger partial charge in [-0.3, -0.25) is 14.5 Å². The molecule has 104 valence electrons. The van der Waals surface area contributed by atoms with Crippen molar-refractivity contribution in [2.45, 2.75) is 45.6 Å². The van der Waals surface area contributed by atoms with Gasteiger partial charge >= 0.3 is 0 Å². The molecule has 0 bridgehead atoms. The lowest BCUT2D eigenvalue weighted by Crippen LogP contribution is -2.33. The molecule has 2 heterocycles. The van der Waals surface area contributed by atoms with Gasteiger partial charge in [-0.05, 0) is 19.8 Å². The second-order valence-electron chi connectivity index (χ2n) is 4.82. The molecule has 0 radical (unpaired) electrons. The molecule has 0 aliphatic carbocycles. The van der Waals surface area contributed by atoms with Crippen LogP contribution in [0.15, 0.2) is 5.38 Å². The van der Waals surface area contributed by atoms with E-state index in [-0.39, 0.29) is 24.3 Å². The molecule has 1 fully saturated rings. The summed E-state index contributed by atoms with van der Waals surface area (Å²) >= 11 is 1.43. The molecule has 2 amide bonds. The van der Waals surface area contributed by atoms with E-state index in [0.29, 0.717) is 11.6 Å². The van der Waals surface area contributed by atoms with E-state index in [1.54, 1.807) is 4.90 Å². The van der Waals surface area contributed by atoms with Crippen molar-refractivity contribution in [3.8, 4) is 0 Å². The van der Waals surface area contributed by atoms with Crippen molar-refractivity contribution in [1.29, 1.82) is 0 Å². The first-order valence-corrected chi connectivity index (χ1v) is 7.52. The van der Waals surface area contributed by atoms with Crippen LogP contribution in [0.4, 0.5) is 5.13 Å². The van der Waals surface area contributed by atoms with Crippen LogP contribution in [0, 0.1) is 0 Å². The van der Waals surface area contributed by atoms with Gasteiger partial charge in [-0.1, -0.05) is 6.92 Å². The molecule has 1 N–H and O–H groups in total. The number of carbonyl (C=O) groups excluding carboxylic acids is 2. The summed E-state index contributed by atoms with van der Waals surface area (Å²) in [4.78, 5) is 29.4. The molecule has 1 unspecified atom stereocenters. The van der Waals surface area contributed by atoms with Crippen LogP contribution in [0.5, 0.6) is 0 Å². The van der Waals surface area contributed by atoms with Crippen LogP contribution in [0.25, 0.3) is 0 Å². The van der Waals surface area contributed by atoms with Gasteiger partial charge in [-0.2, -0.15) is 0 Å². The van der Waals surface area contributed by atoms with Crippen LogP contribution in [0.3, 0.4) is 0 Å². The van der Waals surface area contributed by atoms with E-state index in [4.69, 9.17) is 0 Å². The van der Waals surface area contributed by atoms with E-state index in [0.717, 1.165) is 25.1 Å². The van der Waals surface area contributed by atoms with Crippen LogP contribution < -0.4 is 10.2 Å². The van der Waals surface area contributed by atoms with Crippen molar-refractivity contribution in [1.82, 2.24) is 10.3 Å². The molecule has 5 nitrogen and oxygen atoms in total. The first-order valence-electron chi connectivity index (χ1n) is 6.64. The van der Waals surface area contributed by atoms with Gasteiger partial charge in [0.25, 0.3) is 0 Å². The van der Waals surface area contributed by atoms with Crippen LogP contribution >= 0.6 is 11.3 Å². The highest BCUT2D eigenvalue weighted by Gasteiger charge is 2.24. The van der Waals surface area contributed by atoms with Crippen molar-refractivity contribution in [2.24, 2.45) is 0 Å². The SMILES string of the molecule is CCC(C)NC(=O)Cc1csc(N2CCCC2=O)n1. The van der Waals surface area contributed by atoms with Crippen LogP contribution in [-0.2, 0) is 16.0 Å². The Morgan fingerprint density at radius 2 is 2.42 bits per heavy atom. The van der Waals surface area contributed by atoms with E-state index < -0.39 is 0 Å². The number of hydrogen-bond donors (Lipinski definition) is 1. The molecular formula is C13H19N3O2S. The van der Waals surface area contributed by atoms with E-state index in [2.05, 4.69) is 10.3 Å². The molecule has 1 atom stereocenters. The number of nitrogens with zero attached hydrogens (tertiary/aromatic N) is 2. The van der Waals surface area contributed by atoms with Gasteiger partial charge in [0.1, 0.15) is 0 Å². The fourth-order valence-corrected chi connectivity index (χ4v) is 2.81. The first-order chi connectivity index (χ1) is 9.10. The third kappa shape index (κ3) is 3.53. The van der Waals surface area contributed by atoms with Crippen molar-refractivity contribution < 1.29 is 9.59 Å². The maximum atomic E-state index is 11.7. The van der Waals surface area contributed by atoms with Gasteiger partial charge in [0.05, 0.1) is 12.1 Å². The van der Waals surface area contributed by atoms with Crippen LogP contribution in [0.2, 0.25) is 0 Å². The Hall–Kier alpha value is -1.43. The smallest absolute Gasteiger partial charge is 0.228 e. The average molecular weight is 281 g/mol. The van der Waals surface area contributed by atoms with Crippen molar-refractivity contribution in [2.75, 3.05) is 11.4 Å². The average Bonchev–Trinajstić information content (AvgIpc) is 2.97. The molecule has 6 heteroatoms. The predicted molar refractivity (Wildman–Crippen MR) is 75.3 cm³/mol. The van der Waals surface area contributed by atoms with E-state index in [1.807, 2.05) is 19.2 Å². The summed E-state index contributed by atoms with van der Waals surface area (Å²) in [5, 5.41) is 5.49. The topological polar surface area (TPSA) is 62.3 Å². The fourth-order valence-electron chi connectivity index (χ4n) is 1.94. The molecule has 1 aliphatic rings. The number of anilines is 1. The largest absolute Gasteiger partial charge is 0.353 e. The Labute approximate surface area is 117 Å². The number of rotatable bonds is 5. The minimum Gasteiger partial charge on any atom is -0.353 e. The summed E-state index contributed by atoms with van der Waals surface area (Å²) in [6.07, 6.45) is 2.69. The molecule has 0 spiro atoms. The van der Waals surface area contributed by atoms with Crippen LogP contribution in [-0.4, -0.2) is 29.4 Å². The Morgan fingerprint density at radius 3 is 3.05 bits per heavy atom.